The number of aromatic carboxylic acids is 1. The highest BCUT2D eigenvalue weighted by Gasteiger charge is 2.28. The highest BCUT2D eigenvalue weighted by molar-refractivity contribution is 5.85. The number of nitrogens with zero attached hydrogens (tertiary/aromatic N) is 4. The summed E-state index contributed by atoms with van der Waals surface area (Å²) in [4.78, 5) is 22.2. The van der Waals surface area contributed by atoms with E-state index in [9.17, 15) is 4.79 Å². The molecule has 0 amide bonds. The predicted molar refractivity (Wildman–Crippen MR) is 90.3 cm³/mol. The third-order valence-electron chi connectivity index (χ3n) is 4.96. The monoisotopic (exact) mass is 326 g/mol. The van der Waals surface area contributed by atoms with Gasteiger partial charge < -0.3 is 14.6 Å². The average molecular weight is 326 g/mol. The van der Waals surface area contributed by atoms with Crippen LogP contribution in [-0.4, -0.2) is 38.7 Å². The maximum Gasteiger partial charge on any atom is 0.354 e. The molecule has 3 heterocycles. The van der Waals surface area contributed by atoms with Crippen LogP contribution < -0.4 is 4.90 Å². The smallest absolute Gasteiger partial charge is 0.354 e. The number of pyridine rings is 1. The van der Waals surface area contributed by atoms with E-state index in [1.807, 2.05) is 12.3 Å². The zero-order valence-corrected chi connectivity index (χ0v) is 13.6. The number of aromatic nitrogens is 3. The Morgan fingerprint density at radius 2 is 2.17 bits per heavy atom. The number of rotatable bonds is 5. The van der Waals surface area contributed by atoms with Crippen LogP contribution in [0.5, 0.6) is 0 Å². The Kier molecular flexibility index (Phi) is 3.96. The lowest BCUT2D eigenvalue weighted by atomic mass is 9.97. The van der Waals surface area contributed by atoms with Crippen LogP contribution in [0.1, 0.15) is 47.9 Å². The highest BCUT2D eigenvalue weighted by Crippen LogP contribution is 2.33. The number of carboxylic acid groups (broad SMARTS) is 1. The van der Waals surface area contributed by atoms with E-state index < -0.39 is 5.97 Å². The minimum absolute atomic E-state index is 0.102. The molecule has 6 nitrogen and oxygen atoms in total. The van der Waals surface area contributed by atoms with Crippen molar-refractivity contribution in [1.82, 2.24) is 14.5 Å². The molecule has 1 aliphatic carbocycles. The van der Waals surface area contributed by atoms with Crippen molar-refractivity contribution in [2.45, 2.75) is 38.1 Å². The molecule has 126 valence electrons. The summed E-state index contributed by atoms with van der Waals surface area (Å²) in [6.45, 7) is 2.84. The number of carboxylic acids is 1. The van der Waals surface area contributed by atoms with Gasteiger partial charge in [0, 0.05) is 37.9 Å². The molecule has 0 bridgehead atoms. The zero-order chi connectivity index (χ0) is 16.5. The van der Waals surface area contributed by atoms with E-state index >= 15 is 0 Å². The van der Waals surface area contributed by atoms with Crippen LogP contribution in [-0.2, 0) is 6.54 Å². The number of hydrogen-bond donors (Lipinski definition) is 1. The fourth-order valence-corrected chi connectivity index (χ4v) is 3.53. The summed E-state index contributed by atoms with van der Waals surface area (Å²) in [5.74, 6) is 2.14. The van der Waals surface area contributed by atoms with Gasteiger partial charge in [0.05, 0.1) is 0 Å². The Bertz CT molecular complexity index is 738. The lowest BCUT2D eigenvalue weighted by Gasteiger charge is -2.33. The Morgan fingerprint density at radius 1 is 1.29 bits per heavy atom. The van der Waals surface area contributed by atoms with Gasteiger partial charge in [-0.25, -0.2) is 14.8 Å². The highest BCUT2D eigenvalue weighted by atomic mass is 16.4. The molecule has 0 aromatic carbocycles. The first-order chi connectivity index (χ1) is 11.7. The van der Waals surface area contributed by atoms with Crippen molar-refractivity contribution in [3.8, 4) is 0 Å². The molecule has 6 heteroatoms. The van der Waals surface area contributed by atoms with Crippen molar-refractivity contribution >= 4 is 11.8 Å². The largest absolute Gasteiger partial charge is 0.477 e. The molecule has 2 aromatic rings. The van der Waals surface area contributed by atoms with Gasteiger partial charge in [-0.3, -0.25) is 0 Å². The molecule has 0 radical (unpaired) electrons. The van der Waals surface area contributed by atoms with Crippen molar-refractivity contribution in [2.75, 3.05) is 18.0 Å². The van der Waals surface area contributed by atoms with Gasteiger partial charge >= 0.3 is 5.97 Å². The molecule has 1 saturated heterocycles. The van der Waals surface area contributed by atoms with Gasteiger partial charge in [0.1, 0.15) is 11.6 Å². The van der Waals surface area contributed by atoms with Crippen LogP contribution in [0.4, 0.5) is 5.82 Å². The van der Waals surface area contributed by atoms with Crippen molar-refractivity contribution in [1.29, 1.82) is 0 Å². The Balaban J connectivity index is 1.52. The summed E-state index contributed by atoms with van der Waals surface area (Å²) >= 11 is 0. The van der Waals surface area contributed by atoms with Gasteiger partial charge in [0.2, 0.25) is 0 Å². The first-order valence-electron chi connectivity index (χ1n) is 8.67. The molecule has 0 spiro atoms. The van der Waals surface area contributed by atoms with Crippen LogP contribution in [0.3, 0.4) is 0 Å². The molecule has 1 atom stereocenters. The van der Waals surface area contributed by atoms with Gasteiger partial charge in [-0.15, -0.1) is 0 Å². The van der Waals surface area contributed by atoms with E-state index in [1.165, 1.54) is 24.7 Å². The Labute approximate surface area is 141 Å². The number of hydrogen-bond acceptors (Lipinski definition) is 4. The van der Waals surface area contributed by atoms with Gasteiger partial charge in [0.15, 0.2) is 5.69 Å². The molecular weight excluding hydrogens is 304 g/mol. The topological polar surface area (TPSA) is 71.2 Å². The standard InChI is InChI=1S/C18H22N4O2/c23-18(24)15-4-1-5-16(20-15)21-9-2-3-14(12-21)17-19-8-10-22(17)11-13-6-7-13/h1,4-5,8,10,13-14H,2-3,6-7,9,11-12H2,(H,23,24). The van der Waals surface area contributed by atoms with E-state index in [1.54, 1.807) is 6.07 Å². The second kappa shape index (κ2) is 6.26. The third kappa shape index (κ3) is 3.13. The molecule has 2 aliphatic rings. The van der Waals surface area contributed by atoms with Gasteiger partial charge in [-0.05, 0) is 43.7 Å². The summed E-state index contributed by atoms with van der Waals surface area (Å²) in [6, 6.07) is 5.20. The molecule has 4 rings (SSSR count). The summed E-state index contributed by atoms with van der Waals surface area (Å²) in [5.41, 5.74) is 0.102. The predicted octanol–water partition coefficient (Wildman–Crippen LogP) is 2.77. The number of anilines is 1. The molecule has 2 aromatic heterocycles. The maximum atomic E-state index is 11.1. The van der Waals surface area contributed by atoms with Crippen molar-refractivity contribution in [3.05, 3.63) is 42.1 Å². The lowest BCUT2D eigenvalue weighted by molar-refractivity contribution is 0.0690. The molecule has 1 saturated carbocycles. The second-order valence-electron chi connectivity index (χ2n) is 6.85. The van der Waals surface area contributed by atoms with E-state index in [4.69, 9.17) is 5.11 Å². The van der Waals surface area contributed by atoms with Crippen molar-refractivity contribution in [3.63, 3.8) is 0 Å². The lowest BCUT2D eigenvalue weighted by Crippen LogP contribution is -2.36. The molecule has 24 heavy (non-hydrogen) atoms. The molecule has 2 fully saturated rings. The van der Waals surface area contributed by atoms with E-state index in [0.29, 0.717) is 5.92 Å². The van der Waals surface area contributed by atoms with E-state index in [-0.39, 0.29) is 5.69 Å². The Morgan fingerprint density at radius 3 is 2.96 bits per heavy atom. The van der Waals surface area contributed by atoms with Crippen LogP contribution in [0, 0.1) is 5.92 Å². The number of carbonyl (C=O) groups is 1. The molecule has 1 N–H and O–H groups in total. The average Bonchev–Trinajstić information content (AvgIpc) is 3.30. The number of imidazole rings is 1. The van der Waals surface area contributed by atoms with Crippen LogP contribution in [0.2, 0.25) is 0 Å². The fourth-order valence-electron chi connectivity index (χ4n) is 3.53. The van der Waals surface area contributed by atoms with Gasteiger partial charge in [0.25, 0.3) is 0 Å². The van der Waals surface area contributed by atoms with E-state index in [0.717, 1.165) is 44.2 Å². The molecule has 1 unspecified atom stereocenters. The summed E-state index contributed by atoms with van der Waals surface area (Å²) in [6.07, 6.45) is 8.85. The molecule has 1 aliphatic heterocycles. The molecular formula is C18H22N4O2. The van der Waals surface area contributed by atoms with Crippen LogP contribution in [0.15, 0.2) is 30.6 Å². The first kappa shape index (κ1) is 15.2. The van der Waals surface area contributed by atoms with Gasteiger partial charge in [-0.2, -0.15) is 0 Å². The minimum atomic E-state index is -0.981. The summed E-state index contributed by atoms with van der Waals surface area (Å²) < 4.78 is 2.31. The summed E-state index contributed by atoms with van der Waals surface area (Å²) in [5, 5.41) is 9.14. The third-order valence-corrected chi connectivity index (χ3v) is 4.96. The van der Waals surface area contributed by atoms with Crippen molar-refractivity contribution in [2.24, 2.45) is 5.92 Å². The van der Waals surface area contributed by atoms with Crippen molar-refractivity contribution < 1.29 is 9.90 Å². The van der Waals surface area contributed by atoms with Crippen LogP contribution >= 0.6 is 0 Å². The van der Waals surface area contributed by atoms with Crippen LogP contribution in [0.25, 0.3) is 0 Å². The Hall–Kier alpha value is -2.37. The fraction of sp³-hybridized carbons (Fsp3) is 0.500. The SMILES string of the molecule is O=C(O)c1cccc(N2CCCC(c3nccn3CC3CC3)C2)n1. The second-order valence-corrected chi connectivity index (χ2v) is 6.85. The first-order valence-corrected chi connectivity index (χ1v) is 8.67. The normalized spacial score (nSPS) is 21.0. The van der Waals surface area contributed by atoms with Gasteiger partial charge in [-0.1, -0.05) is 6.07 Å². The van der Waals surface area contributed by atoms with E-state index in [2.05, 4.69) is 25.6 Å². The quantitative estimate of drug-likeness (QED) is 0.915. The number of piperidine rings is 1. The summed E-state index contributed by atoms with van der Waals surface area (Å²) in [7, 11) is 0. The zero-order valence-electron chi connectivity index (χ0n) is 13.6. The maximum absolute atomic E-state index is 11.1. The minimum Gasteiger partial charge on any atom is -0.477 e.